The van der Waals surface area contributed by atoms with E-state index in [0.29, 0.717) is 0 Å². The number of ketones is 1. The summed E-state index contributed by atoms with van der Waals surface area (Å²) in [5.41, 5.74) is -1.08. The number of carbonyl (C=O) groups is 2. The summed E-state index contributed by atoms with van der Waals surface area (Å²) in [4.78, 5) is 21.7. The third kappa shape index (κ3) is 2.21. The lowest BCUT2D eigenvalue weighted by molar-refractivity contribution is 0.0998. The standard InChI is InChI=1S/C10H7ClF2O2/c1-5(15)8-7(11)3-2-6(4-14)9(8)10(12)13/h2-4,10H,1H3. The van der Waals surface area contributed by atoms with Gasteiger partial charge in [0.15, 0.2) is 12.1 Å². The molecule has 0 fully saturated rings. The van der Waals surface area contributed by atoms with Crippen molar-refractivity contribution in [3.63, 3.8) is 0 Å². The number of Topliss-reactive ketones (excluding diaryl/α,β-unsaturated/α-hetero) is 1. The van der Waals surface area contributed by atoms with Crippen LogP contribution in [-0.4, -0.2) is 12.1 Å². The lowest BCUT2D eigenvalue weighted by Gasteiger charge is -2.10. The van der Waals surface area contributed by atoms with Crippen LogP contribution in [0.5, 0.6) is 0 Å². The highest BCUT2D eigenvalue weighted by atomic mass is 35.5. The summed E-state index contributed by atoms with van der Waals surface area (Å²) in [7, 11) is 0. The summed E-state index contributed by atoms with van der Waals surface area (Å²) in [6.45, 7) is 1.13. The number of benzene rings is 1. The van der Waals surface area contributed by atoms with Gasteiger partial charge in [0, 0.05) is 16.7 Å². The zero-order valence-corrected chi connectivity index (χ0v) is 8.52. The van der Waals surface area contributed by atoms with Gasteiger partial charge < -0.3 is 0 Å². The second-order valence-corrected chi connectivity index (χ2v) is 3.31. The number of hydrogen-bond donors (Lipinski definition) is 0. The van der Waals surface area contributed by atoms with E-state index in [4.69, 9.17) is 11.6 Å². The van der Waals surface area contributed by atoms with Crippen LogP contribution < -0.4 is 0 Å². The van der Waals surface area contributed by atoms with Crippen LogP contribution in [0.4, 0.5) is 8.78 Å². The molecule has 0 saturated carbocycles. The number of alkyl halides is 2. The maximum atomic E-state index is 12.6. The van der Waals surface area contributed by atoms with Gasteiger partial charge in [0.25, 0.3) is 6.43 Å². The van der Waals surface area contributed by atoms with Crippen LogP contribution in [0.2, 0.25) is 5.02 Å². The Morgan fingerprint density at radius 2 is 2.07 bits per heavy atom. The van der Waals surface area contributed by atoms with Crippen LogP contribution in [0.3, 0.4) is 0 Å². The molecule has 15 heavy (non-hydrogen) atoms. The van der Waals surface area contributed by atoms with Crippen molar-refractivity contribution in [3.8, 4) is 0 Å². The van der Waals surface area contributed by atoms with Crippen LogP contribution in [0, 0.1) is 0 Å². The molecule has 1 aromatic carbocycles. The average Bonchev–Trinajstić information content (AvgIpc) is 2.16. The molecule has 0 atom stereocenters. The van der Waals surface area contributed by atoms with Gasteiger partial charge in [-0.2, -0.15) is 0 Å². The van der Waals surface area contributed by atoms with Crippen LogP contribution in [0.15, 0.2) is 12.1 Å². The molecule has 0 amide bonds. The maximum Gasteiger partial charge on any atom is 0.265 e. The molecule has 80 valence electrons. The van der Waals surface area contributed by atoms with Crippen molar-refractivity contribution < 1.29 is 18.4 Å². The van der Waals surface area contributed by atoms with Gasteiger partial charge in [-0.1, -0.05) is 11.6 Å². The Balaban J connectivity index is 3.58. The molecule has 1 rings (SSSR count). The van der Waals surface area contributed by atoms with E-state index in [1.807, 2.05) is 0 Å². The number of rotatable bonds is 3. The average molecular weight is 233 g/mol. The van der Waals surface area contributed by atoms with E-state index in [9.17, 15) is 18.4 Å². The lowest BCUT2D eigenvalue weighted by Crippen LogP contribution is -2.05. The molecule has 0 aliphatic rings. The second-order valence-electron chi connectivity index (χ2n) is 2.90. The minimum atomic E-state index is -2.90. The normalized spacial score (nSPS) is 10.5. The number of hydrogen-bond acceptors (Lipinski definition) is 2. The Morgan fingerprint density at radius 1 is 1.47 bits per heavy atom. The van der Waals surface area contributed by atoms with Crippen molar-refractivity contribution in [1.82, 2.24) is 0 Å². The topological polar surface area (TPSA) is 34.1 Å². The molecule has 0 saturated heterocycles. The van der Waals surface area contributed by atoms with Gasteiger partial charge in [-0.15, -0.1) is 0 Å². The third-order valence-electron chi connectivity index (χ3n) is 1.93. The highest BCUT2D eigenvalue weighted by Crippen LogP contribution is 2.31. The lowest BCUT2D eigenvalue weighted by atomic mass is 9.99. The monoisotopic (exact) mass is 232 g/mol. The van der Waals surface area contributed by atoms with Crippen molar-refractivity contribution in [2.75, 3.05) is 0 Å². The molecular weight excluding hydrogens is 226 g/mol. The minimum absolute atomic E-state index is 0.0663. The Bertz CT molecular complexity index is 416. The van der Waals surface area contributed by atoms with Crippen molar-refractivity contribution in [2.45, 2.75) is 13.3 Å². The van der Waals surface area contributed by atoms with Gasteiger partial charge in [-0.05, 0) is 19.1 Å². The molecule has 0 aromatic heterocycles. The fourth-order valence-electron chi connectivity index (χ4n) is 1.30. The van der Waals surface area contributed by atoms with Gasteiger partial charge in [0.2, 0.25) is 0 Å². The van der Waals surface area contributed by atoms with Crippen molar-refractivity contribution in [1.29, 1.82) is 0 Å². The second kappa shape index (κ2) is 4.49. The molecule has 0 aliphatic heterocycles. The highest BCUT2D eigenvalue weighted by Gasteiger charge is 2.22. The van der Waals surface area contributed by atoms with Crippen molar-refractivity contribution >= 4 is 23.7 Å². The van der Waals surface area contributed by atoms with Gasteiger partial charge in [-0.25, -0.2) is 8.78 Å². The SMILES string of the molecule is CC(=O)c1c(Cl)ccc(C=O)c1C(F)F. The van der Waals surface area contributed by atoms with E-state index < -0.39 is 17.8 Å². The molecule has 5 heteroatoms. The zero-order chi connectivity index (χ0) is 11.6. The quantitative estimate of drug-likeness (QED) is 0.592. The first-order chi connectivity index (χ1) is 6.99. The highest BCUT2D eigenvalue weighted by molar-refractivity contribution is 6.34. The van der Waals surface area contributed by atoms with Crippen LogP contribution in [0.25, 0.3) is 0 Å². The fraction of sp³-hybridized carbons (Fsp3) is 0.200. The van der Waals surface area contributed by atoms with E-state index in [0.717, 1.165) is 6.92 Å². The number of aldehydes is 1. The number of carbonyl (C=O) groups excluding carboxylic acids is 2. The van der Waals surface area contributed by atoms with Gasteiger partial charge >= 0.3 is 0 Å². The summed E-state index contributed by atoms with van der Waals surface area (Å²) in [6.07, 6.45) is -2.62. The molecule has 0 N–H and O–H groups in total. The van der Waals surface area contributed by atoms with E-state index in [1.54, 1.807) is 0 Å². The van der Waals surface area contributed by atoms with E-state index >= 15 is 0 Å². The van der Waals surface area contributed by atoms with Crippen LogP contribution in [0.1, 0.15) is 39.6 Å². The molecule has 0 aliphatic carbocycles. The summed E-state index contributed by atoms with van der Waals surface area (Å²) in [5.74, 6) is -0.584. The zero-order valence-electron chi connectivity index (χ0n) is 7.76. The Kier molecular flexibility index (Phi) is 3.52. The molecule has 0 heterocycles. The first-order valence-corrected chi connectivity index (χ1v) is 4.43. The Labute approximate surface area is 89.8 Å². The van der Waals surface area contributed by atoms with E-state index in [1.165, 1.54) is 12.1 Å². The summed E-state index contributed by atoms with van der Waals surface area (Å²) < 4.78 is 25.3. The largest absolute Gasteiger partial charge is 0.298 e. The summed E-state index contributed by atoms with van der Waals surface area (Å²) in [5, 5.41) is -0.0663. The smallest absolute Gasteiger partial charge is 0.265 e. The molecule has 1 aromatic rings. The third-order valence-corrected chi connectivity index (χ3v) is 2.24. The van der Waals surface area contributed by atoms with Gasteiger partial charge in [0.05, 0.1) is 5.02 Å². The Hall–Kier alpha value is -1.29. The molecule has 0 radical (unpaired) electrons. The summed E-state index contributed by atoms with van der Waals surface area (Å²) in [6, 6.07) is 2.43. The molecular formula is C10H7ClF2O2. The predicted octanol–water partition coefficient (Wildman–Crippen LogP) is 3.29. The van der Waals surface area contributed by atoms with Crippen LogP contribution >= 0.6 is 11.6 Å². The Morgan fingerprint density at radius 3 is 2.47 bits per heavy atom. The first kappa shape index (κ1) is 11.8. The van der Waals surface area contributed by atoms with Crippen molar-refractivity contribution in [2.24, 2.45) is 0 Å². The van der Waals surface area contributed by atoms with E-state index in [2.05, 4.69) is 0 Å². The van der Waals surface area contributed by atoms with Gasteiger partial charge in [-0.3, -0.25) is 9.59 Å². The summed E-state index contributed by atoms with van der Waals surface area (Å²) >= 11 is 5.63. The van der Waals surface area contributed by atoms with Crippen molar-refractivity contribution in [3.05, 3.63) is 33.8 Å². The molecule has 0 bridgehead atoms. The van der Waals surface area contributed by atoms with E-state index in [-0.39, 0.29) is 22.4 Å². The minimum Gasteiger partial charge on any atom is -0.298 e. The molecule has 2 nitrogen and oxygen atoms in total. The first-order valence-electron chi connectivity index (χ1n) is 4.05. The predicted molar refractivity (Wildman–Crippen MR) is 51.8 cm³/mol. The maximum absolute atomic E-state index is 12.6. The van der Waals surface area contributed by atoms with Crippen LogP contribution in [-0.2, 0) is 0 Å². The molecule has 0 spiro atoms. The number of halogens is 3. The van der Waals surface area contributed by atoms with Gasteiger partial charge in [0.1, 0.15) is 0 Å². The fourth-order valence-corrected chi connectivity index (χ4v) is 1.60. The molecule has 0 unspecified atom stereocenters.